The molecule has 88 valence electrons. The van der Waals surface area contributed by atoms with Gasteiger partial charge in [-0.05, 0) is 37.0 Å². The standard InChI is InChI=1S/C13H19NO2/c1-3-16-13-7-10(4-5-12(13)15)8-14-11-6-9(11)2/h4-5,7,9,11,14-15H,3,6,8H2,1-2H3. The second-order valence-electron chi connectivity index (χ2n) is 4.44. The van der Waals surface area contributed by atoms with Crippen LogP contribution >= 0.6 is 0 Å². The van der Waals surface area contributed by atoms with Crippen molar-refractivity contribution in [2.24, 2.45) is 5.92 Å². The van der Waals surface area contributed by atoms with Crippen molar-refractivity contribution in [3.63, 3.8) is 0 Å². The van der Waals surface area contributed by atoms with E-state index >= 15 is 0 Å². The van der Waals surface area contributed by atoms with Gasteiger partial charge in [-0.15, -0.1) is 0 Å². The highest BCUT2D eigenvalue weighted by Crippen LogP contribution is 2.30. The smallest absolute Gasteiger partial charge is 0.161 e. The molecule has 16 heavy (non-hydrogen) atoms. The first-order valence-corrected chi connectivity index (χ1v) is 5.88. The second kappa shape index (κ2) is 4.74. The molecule has 2 N–H and O–H groups in total. The van der Waals surface area contributed by atoms with E-state index in [0.717, 1.165) is 18.0 Å². The normalized spacial score (nSPS) is 23.1. The van der Waals surface area contributed by atoms with Gasteiger partial charge in [0, 0.05) is 12.6 Å². The molecule has 1 aromatic carbocycles. The van der Waals surface area contributed by atoms with Gasteiger partial charge in [0.2, 0.25) is 0 Å². The van der Waals surface area contributed by atoms with E-state index in [1.54, 1.807) is 6.07 Å². The van der Waals surface area contributed by atoms with Gasteiger partial charge < -0.3 is 15.2 Å². The lowest BCUT2D eigenvalue weighted by atomic mass is 10.2. The van der Waals surface area contributed by atoms with Crippen LogP contribution in [0.2, 0.25) is 0 Å². The maximum absolute atomic E-state index is 9.55. The van der Waals surface area contributed by atoms with Gasteiger partial charge in [0.15, 0.2) is 11.5 Å². The number of rotatable bonds is 5. The van der Waals surface area contributed by atoms with E-state index in [0.29, 0.717) is 18.4 Å². The lowest BCUT2D eigenvalue weighted by molar-refractivity contribution is 0.317. The van der Waals surface area contributed by atoms with Crippen molar-refractivity contribution in [1.29, 1.82) is 0 Å². The number of aromatic hydroxyl groups is 1. The summed E-state index contributed by atoms with van der Waals surface area (Å²) in [6.07, 6.45) is 1.27. The third-order valence-electron chi connectivity index (χ3n) is 3.00. The van der Waals surface area contributed by atoms with Gasteiger partial charge in [0.25, 0.3) is 0 Å². The molecule has 3 nitrogen and oxygen atoms in total. The molecule has 2 unspecified atom stereocenters. The largest absolute Gasteiger partial charge is 0.504 e. The molecule has 2 rings (SSSR count). The van der Waals surface area contributed by atoms with Gasteiger partial charge in [-0.3, -0.25) is 0 Å². The van der Waals surface area contributed by atoms with Crippen molar-refractivity contribution in [3.8, 4) is 11.5 Å². The summed E-state index contributed by atoms with van der Waals surface area (Å²) in [4.78, 5) is 0. The molecule has 0 radical (unpaired) electrons. The van der Waals surface area contributed by atoms with Crippen LogP contribution in [0, 0.1) is 5.92 Å². The van der Waals surface area contributed by atoms with Crippen LogP contribution in [0.5, 0.6) is 11.5 Å². The number of phenols is 1. The minimum atomic E-state index is 0.213. The number of hydrogen-bond donors (Lipinski definition) is 2. The van der Waals surface area contributed by atoms with Crippen LogP contribution in [-0.4, -0.2) is 17.8 Å². The average molecular weight is 221 g/mol. The molecule has 0 aromatic heterocycles. The van der Waals surface area contributed by atoms with E-state index < -0.39 is 0 Å². The zero-order chi connectivity index (χ0) is 11.5. The molecule has 1 fully saturated rings. The summed E-state index contributed by atoms with van der Waals surface area (Å²) < 4.78 is 5.34. The van der Waals surface area contributed by atoms with Crippen LogP contribution in [0.4, 0.5) is 0 Å². The van der Waals surface area contributed by atoms with Crippen molar-refractivity contribution in [3.05, 3.63) is 23.8 Å². The van der Waals surface area contributed by atoms with Gasteiger partial charge in [-0.25, -0.2) is 0 Å². The van der Waals surface area contributed by atoms with E-state index in [4.69, 9.17) is 4.74 Å². The second-order valence-corrected chi connectivity index (χ2v) is 4.44. The average Bonchev–Trinajstić information content (AvgIpc) is 2.96. The maximum Gasteiger partial charge on any atom is 0.161 e. The fourth-order valence-electron chi connectivity index (χ4n) is 1.80. The Morgan fingerprint density at radius 2 is 2.25 bits per heavy atom. The molecule has 1 aliphatic rings. The molecular formula is C13H19NO2. The minimum Gasteiger partial charge on any atom is -0.504 e. The van der Waals surface area contributed by atoms with Crippen LogP contribution in [0.3, 0.4) is 0 Å². The number of hydrogen-bond acceptors (Lipinski definition) is 3. The number of nitrogens with one attached hydrogen (secondary N) is 1. The summed E-state index contributed by atoms with van der Waals surface area (Å²) in [6, 6.07) is 6.19. The molecule has 0 spiro atoms. The van der Waals surface area contributed by atoms with E-state index in [1.807, 2.05) is 19.1 Å². The van der Waals surface area contributed by atoms with E-state index in [9.17, 15) is 5.11 Å². The molecule has 0 aliphatic heterocycles. The maximum atomic E-state index is 9.55. The lowest BCUT2D eigenvalue weighted by Crippen LogP contribution is -2.16. The first kappa shape index (κ1) is 11.3. The van der Waals surface area contributed by atoms with Crippen molar-refractivity contribution in [1.82, 2.24) is 5.32 Å². The quantitative estimate of drug-likeness (QED) is 0.801. The zero-order valence-electron chi connectivity index (χ0n) is 9.86. The summed E-state index contributed by atoms with van der Waals surface area (Å²) in [6.45, 7) is 5.58. The predicted molar refractivity (Wildman–Crippen MR) is 63.7 cm³/mol. The Balaban J connectivity index is 1.95. The van der Waals surface area contributed by atoms with E-state index in [-0.39, 0.29) is 5.75 Å². The van der Waals surface area contributed by atoms with E-state index in [1.165, 1.54) is 6.42 Å². The molecule has 0 bridgehead atoms. The highest BCUT2D eigenvalue weighted by Gasteiger charge is 2.31. The molecule has 0 saturated heterocycles. The van der Waals surface area contributed by atoms with Crippen molar-refractivity contribution >= 4 is 0 Å². The first-order chi connectivity index (χ1) is 7.70. The Kier molecular flexibility index (Phi) is 3.34. The number of phenolic OH excluding ortho intramolecular Hbond substituents is 1. The van der Waals surface area contributed by atoms with Gasteiger partial charge in [0.05, 0.1) is 6.61 Å². The zero-order valence-corrected chi connectivity index (χ0v) is 9.86. The Hall–Kier alpha value is -1.22. The summed E-state index contributed by atoms with van der Waals surface area (Å²) in [5, 5.41) is 13.0. The molecule has 1 saturated carbocycles. The van der Waals surface area contributed by atoms with Gasteiger partial charge in [-0.1, -0.05) is 13.0 Å². The fourth-order valence-corrected chi connectivity index (χ4v) is 1.80. The Labute approximate surface area is 96.4 Å². The fraction of sp³-hybridized carbons (Fsp3) is 0.538. The SMILES string of the molecule is CCOc1cc(CNC2CC2C)ccc1O. The lowest BCUT2D eigenvalue weighted by Gasteiger charge is -2.09. The number of ether oxygens (including phenoxy) is 1. The van der Waals surface area contributed by atoms with Crippen LogP contribution in [0.25, 0.3) is 0 Å². The van der Waals surface area contributed by atoms with Gasteiger partial charge in [-0.2, -0.15) is 0 Å². The molecule has 0 amide bonds. The first-order valence-electron chi connectivity index (χ1n) is 5.88. The van der Waals surface area contributed by atoms with Crippen LogP contribution in [-0.2, 0) is 6.54 Å². The Bertz CT molecular complexity index is 365. The third-order valence-corrected chi connectivity index (χ3v) is 3.00. The number of benzene rings is 1. The molecule has 1 aromatic rings. The predicted octanol–water partition coefficient (Wildman–Crippen LogP) is 2.29. The molecular weight excluding hydrogens is 202 g/mol. The third kappa shape index (κ3) is 2.67. The summed E-state index contributed by atoms with van der Waals surface area (Å²) in [7, 11) is 0. The van der Waals surface area contributed by atoms with Crippen molar-refractivity contribution in [2.45, 2.75) is 32.9 Å². The van der Waals surface area contributed by atoms with Crippen LogP contribution < -0.4 is 10.1 Å². The molecule has 3 heteroatoms. The van der Waals surface area contributed by atoms with Crippen LogP contribution in [0.1, 0.15) is 25.8 Å². The van der Waals surface area contributed by atoms with Crippen LogP contribution in [0.15, 0.2) is 18.2 Å². The van der Waals surface area contributed by atoms with Crippen molar-refractivity contribution < 1.29 is 9.84 Å². The molecule has 1 aliphatic carbocycles. The van der Waals surface area contributed by atoms with Gasteiger partial charge in [0.1, 0.15) is 0 Å². The highest BCUT2D eigenvalue weighted by molar-refractivity contribution is 5.41. The minimum absolute atomic E-state index is 0.213. The van der Waals surface area contributed by atoms with Gasteiger partial charge >= 0.3 is 0 Å². The Morgan fingerprint density at radius 3 is 2.88 bits per heavy atom. The Morgan fingerprint density at radius 1 is 1.50 bits per heavy atom. The molecule has 2 atom stereocenters. The van der Waals surface area contributed by atoms with E-state index in [2.05, 4.69) is 12.2 Å². The summed E-state index contributed by atoms with van der Waals surface area (Å²) >= 11 is 0. The van der Waals surface area contributed by atoms with Crippen molar-refractivity contribution in [2.75, 3.05) is 6.61 Å². The monoisotopic (exact) mass is 221 g/mol. The topological polar surface area (TPSA) is 41.5 Å². The summed E-state index contributed by atoms with van der Waals surface area (Å²) in [5.41, 5.74) is 1.15. The molecule has 0 heterocycles. The summed E-state index contributed by atoms with van der Waals surface area (Å²) in [5.74, 6) is 1.60. The highest BCUT2D eigenvalue weighted by atomic mass is 16.5.